The van der Waals surface area contributed by atoms with Crippen molar-refractivity contribution in [1.82, 2.24) is 4.90 Å². The molecule has 1 aliphatic rings. The minimum Gasteiger partial charge on any atom is -0.548 e. The molecule has 1 fully saturated rings. The van der Waals surface area contributed by atoms with Gasteiger partial charge in [-0.25, -0.2) is 4.39 Å². The van der Waals surface area contributed by atoms with E-state index in [9.17, 15) is 19.1 Å². The average Bonchev–Trinajstić information content (AvgIpc) is 3.01. The highest BCUT2D eigenvalue weighted by molar-refractivity contribution is 7.99. The van der Waals surface area contributed by atoms with E-state index in [2.05, 4.69) is 0 Å². The van der Waals surface area contributed by atoms with Gasteiger partial charge in [-0.1, -0.05) is 29.8 Å². The van der Waals surface area contributed by atoms with E-state index < -0.39 is 29.1 Å². The van der Waals surface area contributed by atoms with Crippen LogP contribution in [0.5, 0.6) is 0 Å². The molecule has 0 N–H and O–H groups in total. The van der Waals surface area contributed by atoms with Crippen LogP contribution < -0.4 is 5.11 Å². The summed E-state index contributed by atoms with van der Waals surface area (Å²) in [6.45, 7) is 1.96. The highest BCUT2D eigenvalue weighted by Gasteiger charge is 2.39. The maximum Gasteiger partial charge on any atom is 0.255 e. The van der Waals surface area contributed by atoms with Gasteiger partial charge in [0.1, 0.15) is 11.2 Å². The Morgan fingerprint density at radius 3 is 2.33 bits per heavy atom. The summed E-state index contributed by atoms with van der Waals surface area (Å²) in [5.41, 5.74) is 2.18. The van der Waals surface area contributed by atoms with Crippen molar-refractivity contribution < 1.29 is 19.1 Å². The number of halogens is 1. The number of carboxylic acid groups (broad SMARTS) is 1. The Morgan fingerprint density at radius 1 is 1.12 bits per heavy atom. The van der Waals surface area contributed by atoms with E-state index in [1.54, 1.807) is 0 Å². The fraction of sp³-hybridized carbons (Fsp3) is 0.222. The molecule has 4 nitrogen and oxygen atoms in total. The topological polar surface area (TPSA) is 60.4 Å². The van der Waals surface area contributed by atoms with Crippen molar-refractivity contribution in [2.45, 2.75) is 18.3 Å². The van der Waals surface area contributed by atoms with Gasteiger partial charge in [-0.15, -0.1) is 11.8 Å². The SMILES string of the molecule is Cc1ccc([C@H]2SC[C@H](C(=O)[O-])N2C(=O)c2ccc(F)cc2)cc1. The lowest BCUT2D eigenvalue weighted by Crippen LogP contribution is -2.49. The summed E-state index contributed by atoms with van der Waals surface area (Å²) >= 11 is 1.38. The Hall–Kier alpha value is -2.34. The molecule has 0 unspecified atom stereocenters. The summed E-state index contributed by atoms with van der Waals surface area (Å²) in [5.74, 6) is -1.92. The summed E-state index contributed by atoms with van der Waals surface area (Å²) in [4.78, 5) is 25.6. The predicted octanol–water partition coefficient (Wildman–Crippen LogP) is 2.14. The van der Waals surface area contributed by atoms with Crippen LogP contribution in [0.2, 0.25) is 0 Å². The van der Waals surface area contributed by atoms with E-state index >= 15 is 0 Å². The summed E-state index contributed by atoms with van der Waals surface area (Å²) in [5, 5.41) is 11.0. The van der Waals surface area contributed by atoms with Crippen LogP contribution in [0.4, 0.5) is 4.39 Å². The first kappa shape index (κ1) is 16.5. The quantitative estimate of drug-likeness (QED) is 0.856. The maximum atomic E-state index is 13.1. The third-order valence-corrected chi connectivity index (χ3v) is 5.28. The third-order valence-electron chi connectivity index (χ3n) is 3.96. The Kier molecular flexibility index (Phi) is 4.57. The first-order valence-electron chi connectivity index (χ1n) is 7.44. The second-order valence-corrected chi connectivity index (χ2v) is 6.76. The van der Waals surface area contributed by atoms with Crippen molar-refractivity contribution in [3.05, 3.63) is 71.0 Å². The zero-order chi connectivity index (χ0) is 17.3. The molecule has 2 atom stereocenters. The van der Waals surface area contributed by atoms with Crippen LogP contribution in [0.1, 0.15) is 26.9 Å². The molecule has 1 heterocycles. The maximum absolute atomic E-state index is 13.1. The van der Waals surface area contributed by atoms with Crippen LogP contribution in [0, 0.1) is 12.7 Å². The third kappa shape index (κ3) is 3.14. The van der Waals surface area contributed by atoms with Gasteiger partial charge < -0.3 is 14.8 Å². The molecule has 3 rings (SSSR count). The highest BCUT2D eigenvalue weighted by Crippen LogP contribution is 2.42. The lowest BCUT2D eigenvalue weighted by Gasteiger charge is -2.30. The molecular formula is C18H15FNO3S-. The number of rotatable bonds is 3. The molecule has 2 aromatic rings. The molecular weight excluding hydrogens is 329 g/mol. The molecule has 0 aromatic heterocycles. The Labute approximate surface area is 143 Å². The molecule has 1 aliphatic heterocycles. The van der Waals surface area contributed by atoms with E-state index in [0.29, 0.717) is 0 Å². The standard InChI is InChI=1S/C18H16FNO3S/c1-11-2-4-13(5-3-11)17-20(15(10-24-17)18(22)23)16(21)12-6-8-14(19)9-7-12/h2-9,15,17H,10H2,1H3,(H,22,23)/p-1/t15-,17-/m1/s1. The minimum absolute atomic E-state index is 0.252. The first-order valence-corrected chi connectivity index (χ1v) is 8.49. The number of aliphatic carboxylic acids is 1. The van der Waals surface area contributed by atoms with Crippen molar-refractivity contribution in [2.24, 2.45) is 0 Å². The number of nitrogens with zero attached hydrogens (tertiary/aromatic N) is 1. The normalized spacial score (nSPS) is 20.2. The van der Waals surface area contributed by atoms with Crippen LogP contribution in [-0.4, -0.2) is 28.6 Å². The number of hydrogen-bond donors (Lipinski definition) is 0. The number of carboxylic acids is 1. The summed E-state index contributed by atoms with van der Waals surface area (Å²) in [7, 11) is 0. The smallest absolute Gasteiger partial charge is 0.255 e. The minimum atomic E-state index is -1.28. The van der Waals surface area contributed by atoms with Gasteiger partial charge in [-0.3, -0.25) is 4.79 Å². The number of hydrogen-bond acceptors (Lipinski definition) is 4. The largest absolute Gasteiger partial charge is 0.548 e. The molecule has 0 bridgehead atoms. The van der Waals surface area contributed by atoms with Crippen molar-refractivity contribution >= 4 is 23.6 Å². The molecule has 24 heavy (non-hydrogen) atoms. The lowest BCUT2D eigenvalue weighted by atomic mass is 10.1. The second kappa shape index (κ2) is 6.65. The molecule has 2 aromatic carbocycles. The number of thioether (sulfide) groups is 1. The molecule has 6 heteroatoms. The number of carbonyl (C=O) groups is 2. The van der Waals surface area contributed by atoms with E-state index in [0.717, 1.165) is 11.1 Å². The van der Waals surface area contributed by atoms with Crippen LogP contribution in [0.25, 0.3) is 0 Å². The van der Waals surface area contributed by atoms with Gasteiger partial charge in [0.2, 0.25) is 0 Å². The predicted molar refractivity (Wildman–Crippen MR) is 87.7 cm³/mol. The molecule has 1 amide bonds. The molecule has 0 saturated carbocycles. The summed E-state index contributed by atoms with van der Waals surface area (Å²) < 4.78 is 13.1. The van der Waals surface area contributed by atoms with Gasteiger partial charge in [0.05, 0.1) is 12.0 Å². The van der Waals surface area contributed by atoms with Gasteiger partial charge in [-0.2, -0.15) is 0 Å². The Morgan fingerprint density at radius 2 is 1.75 bits per heavy atom. The number of carbonyl (C=O) groups excluding carboxylic acids is 2. The van der Waals surface area contributed by atoms with E-state index in [4.69, 9.17) is 0 Å². The molecule has 0 spiro atoms. The van der Waals surface area contributed by atoms with Crippen molar-refractivity contribution in [3.63, 3.8) is 0 Å². The average molecular weight is 344 g/mol. The van der Waals surface area contributed by atoms with E-state index in [-0.39, 0.29) is 11.3 Å². The van der Waals surface area contributed by atoms with Crippen molar-refractivity contribution in [1.29, 1.82) is 0 Å². The van der Waals surface area contributed by atoms with Crippen LogP contribution >= 0.6 is 11.8 Å². The zero-order valence-corrected chi connectivity index (χ0v) is 13.8. The van der Waals surface area contributed by atoms with Gasteiger partial charge in [0.15, 0.2) is 0 Å². The molecule has 1 saturated heterocycles. The van der Waals surface area contributed by atoms with Crippen molar-refractivity contribution in [3.8, 4) is 0 Å². The van der Waals surface area contributed by atoms with Gasteiger partial charge in [0.25, 0.3) is 5.91 Å². The Bertz CT molecular complexity index is 761. The number of benzene rings is 2. The fourth-order valence-corrected chi connectivity index (χ4v) is 4.08. The second-order valence-electron chi connectivity index (χ2n) is 5.65. The molecule has 124 valence electrons. The first-order chi connectivity index (χ1) is 11.5. The van der Waals surface area contributed by atoms with Gasteiger partial charge >= 0.3 is 0 Å². The van der Waals surface area contributed by atoms with Crippen LogP contribution in [0.15, 0.2) is 48.5 Å². The van der Waals surface area contributed by atoms with Gasteiger partial charge in [0, 0.05) is 11.3 Å². The van der Waals surface area contributed by atoms with E-state index in [1.165, 1.54) is 40.9 Å². The summed E-state index contributed by atoms with van der Waals surface area (Å²) in [6.07, 6.45) is 0. The summed E-state index contributed by atoms with van der Waals surface area (Å²) in [6, 6.07) is 11.7. The van der Waals surface area contributed by atoms with E-state index in [1.807, 2.05) is 31.2 Å². The van der Waals surface area contributed by atoms with Gasteiger partial charge in [-0.05, 0) is 36.8 Å². The van der Waals surface area contributed by atoms with Crippen molar-refractivity contribution in [2.75, 3.05) is 5.75 Å². The Balaban J connectivity index is 1.97. The highest BCUT2D eigenvalue weighted by atomic mass is 32.2. The number of amides is 1. The lowest BCUT2D eigenvalue weighted by molar-refractivity contribution is -0.310. The van der Waals surface area contributed by atoms with Crippen LogP contribution in [0.3, 0.4) is 0 Å². The van der Waals surface area contributed by atoms with Crippen LogP contribution in [-0.2, 0) is 4.79 Å². The molecule has 0 radical (unpaired) electrons. The molecule has 0 aliphatic carbocycles. The zero-order valence-electron chi connectivity index (χ0n) is 12.9. The fourth-order valence-electron chi connectivity index (χ4n) is 2.67. The monoisotopic (exact) mass is 344 g/mol. The number of aryl methyl sites for hydroxylation is 1.